The van der Waals surface area contributed by atoms with E-state index in [1.807, 2.05) is 0 Å². The molecule has 4 N–H and O–H groups in total. The van der Waals surface area contributed by atoms with E-state index in [1.165, 1.54) is 24.8 Å². The summed E-state index contributed by atoms with van der Waals surface area (Å²) >= 11 is 5.55. The van der Waals surface area contributed by atoms with Crippen molar-refractivity contribution in [1.29, 1.82) is 0 Å². The van der Waals surface area contributed by atoms with Crippen LogP contribution >= 0.6 is 24.0 Å². The Balaban J connectivity index is 0.00000306. The molecule has 0 saturated heterocycles. The van der Waals surface area contributed by atoms with E-state index < -0.39 is 28.5 Å². The molecular formula is C19H14Cl2F3N7O2. The summed E-state index contributed by atoms with van der Waals surface area (Å²) < 4.78 is 40.7. The average molecular weight is 500 g/mol. The lowest BCUT2D eigenvalue weighted by Gasteiger charge is -2.18. The maximum Gasteiger partial charge on any atom is 0.417 e. The van der Waals surface area contributed by atoms with Gasteiger partial charge in [-0.15, -0.1) is 12.4 Å². The number of nitrogens with one attached hydrogen (secondary N) is 1. The minimum absolute atomic E-state index is 0. The molecule has 2 heterocycles. The van der Waals surface area contributed by atoms with Crippen molar-refractivity contribution in [3.05, 3.63) is 65.7 Å². The van der Waals surface area contributed by atoms with Crippen molar-refractivity contribution in [2.24, 2.45) is 0 Å². The van der Waals surface area contributed by atoms with E-state index >= 15 is 0 Å². The molecule has 9 nitrogen and oxygen atoms in total. The number of hydrogen-bond donors (Lipinski definition) is 3. The Bertz CT molecular complexity index is 1310. The molecule has 0 aliphatic rings. The Hall–Kier alpha value is -3.61. The predicted molar refractivity (Wildman–Crippen MR) is 118 cm³/mol. The number of aromatic nitrogens is 4. The normalized spacial score (nSPS) is 11.2. The van der Waals surface area contributed by atoms with Crippen LogP contribution in [0.15, 0.2) is 55.1 Å². The van der Waals surface area contributed by atoms with E-state index in [2.05, 4.69) is 20.3 Å². The van der Waals surface area contributed by atoms with Gasteiger partial charge in [-0.05, 0) is 42.5 Å². The van der Waals surface area contributed by atoms with Crippen LogP contribution in [-0.2, 0) is 6.18 Å². The summed E-state index contributed by atoms with van der Waals surface area (Å²) in [7, 11) is 0. The third-order valence-electron chi connectivity index (χ3n) is 4.45. The van der Waals surface area contributed by atoms with Gasteiger partial charge in [0.15, 0.2) is 17.0 Å². The first-order valence-electron chi connectivity index (χ1n) is 8.86. The van der Waals surface area contributed by atoms with Crippen molar-refractivity contribution < 1.29 is 23.2 Å². The van der Waals surface area contributed by atoms with Gasteiger partial charge < -0.3 is 11.1 Å². The number of carbonyl (C=O) groups is 1. The number of nitrogen functional groups attached to an aromatic ring is 1. The second-order valence-corrected chi connectivity index (χ2v) is 6.90. The Morgan fingerprint density at radius 2 is 1.82 bits per heavy atom. The second-order valence-electron chi connectivity index (χ2n) is 6.50. The van der Waals surface area contributed by atoms with E-state index in [4.69, 9.17) is 17.3 Å². The predicted octanol–water partition coefficient (Wildman–Crippen LogP) is 4.92. The van der Waals surface area contributed by atoms with Gasteiger partial charge in [-0.1, -0.05) is 11.6 Å². The molecule has 0 atom stereocenters. The lowest BCUT2D eigenvalue weighted by Crippen LogP contribution is -2.32. The number of amides is 2. The van der Waals surface area contributed by atoms with Gasteiger partial charge in [0.2, 0.25) is 0 Å². The van der Waals surface area contributed by atoms with Crippen LogP contribution in [0.25, 0.3) is 16.9 Å². The van der Waals surface area contributed by atoms with Gasteiger partial charge in [-0.2, -0.15) is 18.2 Å². The van der Waals surface area contributed by atoms with E-state index in [9.17, 15) is 23.2 Å². The Morgan fingerprint density at radius 1 is 1.12 bits per heavy atom. The van der Waals surface area contributed by atoms with Crippen LogP contribution in [0.3, 0.4) is 0 Å². The van der Waals surface area contributed by atoms with E-state index in [0.717, 1.165) is 12.1 Å². The number of benzene rings is 2. The van der Waals surface area contributed by atoms with Crippen molar-refractivity contribution in [3.63, 3.8) is 0 Å². The summed E-state index contributed by atoms with van der Waals surface area (Å²) in [5.74, 6) is 0.233. The van der Waals surface area contributed by atoms with Crippen molar-refractivity contribution >= 4 is 58.4 Å². The maximum atomic E-state index is 13.0. The number of anilines is 3. The van der Waals surface area contributed by atoms with Crippen LogP contribution < -0.4 is 16.1 Å². The van der Waals surface area contributed by atoms with E-state index in [0.29, 0.717) is 22.9 Å². The summed E-state index contributed by atoms with van der Waals surface area (Å²) in [6, 6.07) is 7.86. The highest BCUT2D eigenvalue weighted by Crippen LogP contribution is 2.36. The van der Waals surface area contributed by atoms with Gasteiger partial charge in [0.1, 0.15) is 12.7 Å². The molecule has 33 heavy (non-hydrogen) atoms. The van der Waals surface area contributed by atoms with Gasteiger partial charge in [0.25, 0.3) is 0 Å². The Morgan fingerprint density at radius 3 is 2.48 bits per heavy atom. The topological polar surface area (TPSA) is 122 Å². The maximum absolute atomic E-state index is 13.0. The number of fused-ring (bicyclic) bond motifs is 1. The molecule has 172 valence electrons. The number of alkyl halides is 3. The summed E-state index contributed by atoms with van der Waals surface area (Å²) in [5, 5.41) is 11.9. The van der Waals surface area contributed by atoms with Crippen LogP contribution in [0.5, 0.6) is 0 Å². The quantitative estimate of drug-likeness (QED) is 0.271. The molecule has 4 rings (SSSR count). The van der Waals surface area contributed by atoms with Crippen molar-refractivity contribution in [2.45, 2.75) is 6.18 Å². The zero-order chi connectivity index (χ0) is 23.0. The highest BCUT2D eigenvalue weighted by atomic mass is 35.5. The molecule has 0 aliphatic carbocycles. The SMILES string of the molecule is Cl.Nc1ncnc2c1ncn2-c1ccc(NC(=O)N(O)c2ccc(Cl)c(C(F)(F)F)c2)cc1. The third-order valence-corrected chi connectivity index (χ3v) is 4.78. The molecule has 0 unspecified atom stereocenters. The molecule has 2 aromatic carbocycles. The smallest absolute Gasteiger partial charge is 0.382 e. The highest BCUT2D eigenvalue weighted by Gasteiger charge is 2.34. The number of nitrogens with two attached hydrogens (primary N) is 1. The summed E-state index contributed by atoms with van der Waals surface area (Å²) in [5.41, 5.74) is 6.04. The van der Waals surface area contributed by atoms with Gasteiger partial charge in [-0.25, -0.2) is 19.7 Å². The lowest BCUT2D eigenvalue weighted by molar-refractivity contribution is -0.137. The molecule has 4 aromatic rings. The monoisotopic (exact) mass is 499 g/mol. The number of urea groups is 1. The number of imidazole rings is 1. The van der Waals surface area contributed by atoms with Crippen molar-refractivity contribution in [2.75, 3.05) is 16.1 Å². The zero-order valence-corrected chi connectivity index (χ0v) is 17.9. The van der Waals surface area contributed by atoms with Gasteiger partial charge >= 0.3 is 12.2 Å². The first-order chi connectivity index (χ1) is 15.1. The van der Waals surface area contributed by atoms with Gasteiger partial charge in [-0.3, -0.25) is 9.77 Å². The van der Waals surface area contributed by atoms with Crippen LogP contribution in [0, 0.1) is 0 Å². The summed E-state index contributed by atoms with van der Waals surface area (Å²) in [6.45, 7) is 0. The standard InChI is InChI=1S/C19H13ClF3N7O2.ClH/c20-14-6-5-12(7-13(14)19(21,22)23)30(32)18(31)28-10-1-3-11(4-2-10)29-9-27-15-16(24)25-8-26-17(15)29;/h1-9,32H,(H,28,31)(H2,24,25,26);1H. The number of hydroxylamine groups is 1. The van der Waals surface area contributed by atoms with Gasteiger partial charge in [0, 0.05) is 11.4 Å². The van der Waals surface area contributed by atoms with Crippen molar-refractivity contribution in [3.8, 4) is 5.69 Å². The molecule has 0 spiro atoms. The summed E-state index contributed by atoms with van der Waals surface area (Å²) in [6.07, 6.45) is -1.92. The number of hydrogen-bond acceptors (Lipinski definition) is 6. The first-order valence-corrected chi connectivity index (χ1v) is 9.23. The largest absolute Gasteiger partial charge is 0.417 e. The number of carbonyl (C=O) groups excluding carboxylic acids is 1. The fourth-order valence-corrected chi connectivity index (χ4v) is 3.13. The van der Waals surface area contributed by atoms with Crippen LogP contribution in [0.4, 0.5) is 35.2 Å². The zero-order valence-electron chi connectivity index (χ0n) is 16.3. The first kappa shape index (κ1) is 24.0. The Labute approximate surface area is 195 Å². The number of nitrogens with zero attached hydrogens (tertiary/aromatic N) is 5. The minimum Gasteiger partial charge on any atom is -0.382 e. The lowest BCUT2D eigenvalue weighted by atomic mass is 10.2. The van der Waals surface area contributed by atoms with Crippen LogP contribution in [0.1, 0.15) is 5.56 Å². The Kier molecular flexibility index (Phi) is 6.63. The molecule has 0 saturated carbocycles. The van der Waals surface area contributed by atoms with E-state index in [-0.39, 0.29) is 29.0 Å². The average Bonchev–Trinajstić information content (AvgIpc) is 3.19. The molecule has 2 aromatic heterocycles. The molecule has 0 bridgehead atoms. The number of halogens is 5. The third kappa shape index (κ3) is 4.77. The minimum atomic E-state index is -4.74. The van der Waals surface area contributed by atoms with Crippen LogP contribution in [-0.4, -0.2) is 30.8 Å². The molecule has 0 fully saturated rings. The molecule has 14 heteroatoms. The fourth-order valence-electron chi connectivity index (χ4n) is 2.90. The van der Waals surface area contributed by atoms with Crippen molar-refractivity contribution in [1.82, 2.24) is 19.5 Å². The molecule has 0 radical (unpaired) electrons. The van der Waals surface area contributed by atoms with Gasteiger partial charge in [0.05, 0.1) is 16.3 Å². The van der Waals surface area contributed by atoms with Crippen LogP contribution in [0.2, 0.25) is 5.02 Å². The molecular weight excluding hydrogens is 486 g/mol. The summed E-state index contributed by atoms with van der Waals surface area (Å²) in [4.78, 5) is 24.5. The highest BCUT2D eigenvalue weighted by molar-refractivity contribution is 6.31. The van der Waals surface area contributed by atoms with E-state index in [1.54, 1.807) is 16.7 Å². The second kappa shape index (κ2) is 9.10. The fraction of sp³-hybridized carbons (Fsp3) is 0.0526. The molecule has 2 amide bonds. The molecule has 0 aliphatic heterocycles. The number of rotatable bonds is 3.